The van der Waals surface area contributed by atoms with Crippen LogP contribution in [0.2, 0.25) is 0 Å². The van der Waals surface area contributed by atoms with E-state index in [1.165, 1.54) is 0 Å². The van der Waals surface area contributed by atoms with Crippen molar-refractivity contribution in [2.75, 3.05) is 32.8 Å². The molecule has 6 atom stereocenters. The Morgan fingerprint density at radius 1 is 1.33 bits per heavy atom. The van der Waals surface area contributed by atoms with Crippen LogP contribution in [0.15, 0.2) is 12.7 Å². The summed E-state index contributed by atoms with van der Waals surface area (Å²) in [5, 5.41) is 9.27. The minimum Gasteiger partial charge on any atom is -0.466 e. The van der Waals surface area contributed by atoms with Crippen molar-refractivity contribution in [1.82, 2.24) is 9.80 Å². The molecule has 0 aromatic heterocycles. The predicted octanol–water partition coefficient (Wildman–Crippen LogP) is 2.15. The maximum atomic E-state index is 14.0. The van der Waals surface area contributed by atoms with E-state index in [0.717, 1.165) is 12.8 Å². The van der Waals surface area contributed by atoms with Gasteiger partial charge in [-0.2, -0.15) is 0 Å². The van der Waals surface area contributed by atoms with Gasteiger partial charge in [0.15, 0.2) is 0 Å². The van der Waals surface area contributed by atoms with Crippen molar-refractivity contribution in [3.05, 3.63) is 12.7 Å². The Morgan fingerprint density at radius 2 is 2.06 bits per heavy atom. The van der Waals surface area contributed by atoms with E-state index < -0.39 is 35.0 Å². The molecule has 3 unspecified atom stereocenters. The molecule has 3 fully saturated rings. The summed E-state index contributed by atoms with van der Waals surface area (Å²) >= 11 is 0. The van der Waals surface area contributed by atoms with Crippen molar-refractivity contribution in [3.8, 4) is 0 Å². The fraction of sp³-hybridized carbons (Fsp3) is 0.800. The minimum absolute atomic E-state index is 0.00727. The van der Waals surface area contributed by atoms with Crippen molar-refractivity contribution < 1.29 is 29.0 Å². The highest BCUT2D eigenvalue weighted by Crippen LogP contribution is 2.65. The Morgan fingerprint density at radius 3 is 2.67 bits per heavy atom. The van der Waals surface area contributed by atoms with E-state index in [2.05, 4.69) is 13.5 Å². The normalized spacial score (nSPS) is 34.5. The SMILES string of the molecule is C=CCN(CCCC)C(=O)C1N(CCCCO)C(=O)[C@@H]2[C@H](C(=O)OCC)[C@@]3(C)OC12CC3C. The lowest BCUT2D eigenvalue weighted by molar-refractivity contribution is -0.161. The molecule has 0 aliphatic carbocycles. The number of rotatable bonds is 12. The Hall–Kier alpha value is -1.93. The zero-order chi connectivity index (χ0) is 24.4. The molecular weight excluding hydrogens is 424 g/mol. The van der Waals surface area contributed by atoms with E-state index in [4.69, 9.17) is 9.47 Å². The van der Waals surface area contributed by atoms with Gasteiger partial charge in [0.1, 0.15) is 17.6 Å². The van der Waals surface area contributed by atoms with Crippen molar-refractivity contribution in [2.45, 2.75) is 77.0 Å². The molecular formula is C25H40N2O6. The highest BCUT2D eigenvalue weighted by molar-refractivity contribution is 5.98. The van der Waals surface area contributed by atoms with Gasteiger partial charge in [0.2, 0.25) is 11.8 Å². The van der Waals surface area contributed by atoms with Gasteiger partial charge in [-0.1, -0.05) is 26.3 Å². The van der Waals surface area contributed by atoms with Gasteiger partial charge in [-0.3, -0.25) is 14.4 Å². The number of carbonyl (C=O) groups excluding carboxylic acids is 3. The van der Waals surface area contributed by atoms with Crippen LogP contribution in [0.1, 0.15) is 59.8 Å². The van der Waals surface area contributed by atoms with Crippen molar-refractivity contribution in [1.29, 1.82) is 0 Å². The highest BCUT2D eigenvalue weighted by Gasteiger charge is 2.80. The molecule has 186 valence electrons. The predicted molar refractivity (Wildman–Crippen MR) is 123 cm³/mol. The van der Waals surface area contributed by atoms with E-state index in [9.17, 15) is 19.5 Å². The summed E-state index contributed by atoms with van der Waals surface area (Å²) in [7, 11) is 0. The van der Waals surface area contributed by atoms with Gasteiger partial charge >= 0.3 is 5.97 Å². The van der Waals surface area contributed by atoms with Crippen LogP contribution >= 0.6 is 0 Å². The average Bonchev–Trinajstić information content (AvgIpc) is 3.28. The number of fused-ring (bicyclic) bond motifs is 1. The summed E-state index contributed by atoms with van der Waals surface area (Å²) in [5.41, 5.74) is -1.90. The second-order valence-electron chi connectivity index (χ2n) is 9.84. The molecule has 2 bridgehead atoms. The van der Waals surface area contributed by atoms with Gasteiger partial charge in [0.05, 0.1) is 18.1 Å². The fourth-order valence-electron chi connectivity index (χ4n) is 6.21. The largest absolute Gasteiger partial charge is 0.466 e. The quantitative estimate of drug-likeness (QED) is 0.270. The Balaban J connectivity index is 2.05. The molecule has 3 aliphatic heterocycles. The molecule has 0 aromatic carbocycles. The van der Waals surface area contributed by atoms with Crippen LogP contribution in [0.3, 0.4) is 0 Å². The van der Waals surface area contributed by atoms with Crippen LogP contribution < -0.4 is 0 Å². The summed E-state index contributed by atoms with van der Waals surface area (Å²) in [4.78, 5) is 44.3. The van der Waals surface area contributed by atoms with Gasteiger partial charge < -0.3 is 24.4 Å². The zero-order valence-corrected chi connectivity index (χ0v) is 20.5. The molecule has 0 aromatic rings. The number of esters is 1. The van der Waals surface area contributed by atoms with Crippen LogP contribution in [-0.2, 0) is 23.9 Å². The third-order valence-electron chi connectivity index (χ3n) is 7.84. The molecule has 8 heteroatoms. The number of likely N-dealkylation sites (tertiary alicyclic amines) is 1. The summed E-state index contributed by atoms with van der Waals surface area (Å²) in [5.74, 6) is -2.28. The molecule has 1 spiro atoms. The Labute approximate surface area is 197 Å². The lowest BCUT2D eigenvalue weighted by Crippen LogP contribution is -2.56. The van der Waals surface area contributed by atoms with Crippen LogP contribution in [0.25, 0.3) is 0 Å². The smallest absolute Gasteiger partial charge is 0.312 e. The first-order valence-corrected chi connectivity index (χ1v) is 12.4. The summed E-state index contributed by atoms with van der Waals surface area (Å²) < 4.78 is 12.0. The first kappa shape index (κ1) is 25.7. The first-order chi connectivity index (χ1) is 15.7. The number of aliphatic hydroxyl groups is 1. The topological polar surface area (TPSA) is 96.4 Å². The Bertz CT molecular complexity index is 772. The number of nitrogens with zero attached hydrogens (tertiary/aromatic N) is 2. The van der Waals surface area contributed by atoms with E-state index in [-0.39, 0.29) is 30.9 Å². The molecule has 0 radical (unpaired) electrons. The van der Waals surface area contributed by atoms with E-state index in [1.807, 2.05) is 13.8 Å². The maximum Gasteiger partial charge on any atom is 0.312 e. The van der Waals surface area contributed by atoms with Gasteiger partial charge in [-0.25, -0.2) is 0 Å². The highest BCUT2D eigenvalue weighted by atomic mass is 16.6. The molecule has 3 saturated heterocycles. The summed E-state index contributed by atoms with van der Waals surface area (Å²) in [6.45, 7) is 13.1. The molecule has 3 rings (SSSR count). The molecule has 0 saturated carbocycles. The molecule has 1 N–H and O–H groups in total. The van der Waals surface area contributed by atoms with Gasteiger partial charge in [-0.05, 0) is 45.4 Å². The number of unbranched alkanes of at least 4 members (excludes halogenated alkanes) is 2. The molecule has 2 amide bonds. The number of hydrogen-bond donors (Lipinski definition) is 1. The number of carbonyl (C=O) groups is 3. The monoisotopic (exact) mass is 464 g/mol. The van der Waals surface area contributed by atoms with Gasteiger partial charge in [0.25, 0.3) is 0 Å². The fourth-order valence-corrected chi connectivity index (χ4v) is 6.21. The lowest BCUT2D eigenvalue weighted by Gasteiger charge is -2.37. The number of aliphatic hydroxyl groups excluding tert-OH is 1. The molecule has 8 nitrogen and oxygen atoms in total. The third kappa shape index (κ3) is 4.09. The Kier molecular flexibility index (Phi) is 7.89. The second-order valence-corrected chi connectivity index (χ2v) is 9.84. The number of amides is 2. The number of ether oxygens (including phenoxy) is 2. The van der Waals surface area contributed by atoms with Crippen LogP contribution in [-0.4, -0.2) is 82.8 Å². The summed E-state index contributed by atoms with van der Waals surface area (Å²) in [6, 6.07) is -0.797. The van der Waals surface area contributed by atoms with Gasteiger partial charge in [0, 0.05) is 26.2 Å². The molecule has 33 heavy (non-hydrogen) atoms. The first-order valence-electron chi connectivity index (χ1n) is 12.4. The van der Waals surface area contributed by atoms with E-state index in [1.54, 1.807) is 22.8 Å². The van der Waals surface area contributed by atoms with Crippen LogP contribution in [0.5, 0.6) is 0 Å². The van der Waals surface area contributed by atoms with Crippen molar-refractivity contribution in [3.63, 3.8) is 0 Å². The maximum absolute atomic E-state index is 14.0. The minimum atomic E-state index is -1.05. The lowest BCUT2D eigenvalue weighted by atomic mass is 9.62. The average molecular weight is 465 g/mol. The van der Waals surface area contributed by atoms with Gasteiger partial charge in [-0.15, -0.1) is 6.58 Å². The second kappa shape index (κ2) is 10.1. The van der Waals surface area contributed by atoms with Crippen molar-refractivity contribution >= 4 is 17.8 Å². The van der Waals surface area contributed by atoms with Crippen LogP contribution in [0.4, 0.5) is 0 Å². The van der Waals surface area contributed by atoms with E-state index >= 15 is 0 Å². The van der Waals surface area contributed by atoms with Crippen LogP contribution in [0, 0.1) is 17.8 Å². The molecule has 3 heterocycles. The molecule has 3 aliphatic rings. The van der Waals surface area contributed by atoms with E-state index in [0.29, 0.717) is 38.9 Å². The van der Waals surface area contributed by atoms with Crippen molar-refractivity contribution in [2.24, 2.45) is 17.8 Å². The summed E-state index contributed by atoms with van der Waals surface area (Å²) in [6.07, 6.45) is 5.13. The number of hydrogen-bond acceptors (Lipinski definition) is 6. The third-order valence-corrected chi connectivity index (χ3v) is 7.84. The standard InChI is InChI=1S/C25H40N2O6/c1-6-9-13-26(12-7-2)22(30)20-25-16-17(4)24(5,33-25)19(23(31)32-8-3)18(25)21(29)27(20)14-10-11-15-28/h7,17-20,28H,2,6,8-16H2,1,3-5H3/t17?,18-,19+,20?,24-,25?/m0/s1. The zero-order valence-electron chi connectivity index (χ0n) is 20.5.